The number of rotatable bonds is 6. The summed E-state index contributed by atoms with van der Waals surface area (Å²) in [5.41, 5.74) is -4.14. The van der Waals surface area contributed by atoms with Crippen LogP contribution in [0.4, 0.5) is 13.2 Å². The Labute approximate surface area is 186 Å². The first kappa shape index (κ1) is 23.1. The van der Waals surface area contributed by atoms with Gasteiger partial charge in [0.1, 0.15) is 5.75 Å². The fourth-order valence-corrected chi connectivity index (χ4v) is 3.53. The summed E-state index contributed by atoms with van der Waals surface area (Å²) in [7, 11) is -5.80. The molecular formula is C21H13Cl2F3O4S. The van der Waals surface area contributed by atoms with E-state index >= 15 is 0 Å². The summed E-state index contributed by atoms with van der Waals surface area (Å²) in [6, 6.07) is 17.6. The molecule has 0 amide bonds. The number of hydrogen-bond acceptors (Lipinski definition) is 4. The van der Waals surface area contributed by atoms with Gasteiger partial charge >= 0.3 is 15.6 Å². The highest BCUT2D eigenvalue weighted by Crippen LogP contribution is 2.32. The first-order valence-corrected chi connectivity index (χ1v) is 10.8. The number of Topliss-reactive ketones (excluding diaryl/α,β-unsaturated/α-hetero) is 1. The quantitative estimate of drug-likeness (QED) is 0.234. The molecule has 162 valence electrons. The molecule has 0 aliphatic heterocycles. The van der Waals surface area contributed by atoms with Crippen LogP contribution in [0.25, 0.3) is 0 Å². The van der Waals surface area contributed by atoms with Crippen molar-refractivity contribution in [2.75, 3.05) is 0 Å². The van der Waals surface area contributed by atoms with Crippen molar-refractivity contribution < 1.29 is 30.6 Å². The van der Waals surface area contributed by atoms with E-state index in [1.807, 2.05) is 0 Å². The first-order valence-electron chi connectivity index (χ1n) is 8.64. The van der Waals surface area contributed by atoms with Gasteiger partial charge in [-0.25, -0.2) is 0 Å². The maximum atomic E-state index is 13.3. The summed E-state index contributed by atoms with van der Waals surface area (Å²) in [6.45, 7) is 0. The van der Waals surface area contributed by atoms with E-state index in [1.54, 1.807) is 48.5 Å². The average Bonchev–Trinajstić information content (AvgIpc) is 2.70. The lowest BCUT2D eigenvalue weighted by Crippen LogP contribution is -2.28. The van der Waals surface area contributed by atoms with Crippen LogP contribution in [0.1, 0.15) is 27.4 Å². The minimum atomic E-state index is -5.80. The Morgan fingerprint density at radius 1 is 0.774 bits per heavy atom. The van der Waals surface area contributed by atoms with E-state index in [2.05, 4.69) is 4.18 Å². The monoisotopic (exact) mass is 488 g/mol. The van der Waals surface area contributed by atoms with Crippen LogP contribution in [-0.4, -0.2) is 19.7 Å². The number of halogens is 5. The molecule has 0 bridgehead atoms. The molecule has 0 aliphatic rings. The van der Waals surface area contributed by atoms with Gasteiger partial charge in [-0.05, 0) is 59.7 Å². The normalized spacial score (nSPS) is 12.1. The van der Waals surface area contributed by atoms with Gasteiger partial charge in [0.2, 0.25) is 0 Å². The van der Waals surface area contributed by atoms with E-state index in [-0.39, 0.29) is 11.3 Å². The molecule has 0 saturated heterocycles. The van der Waals surface area contributed by atoms with Crippen molar-refractivity contribution in [1.29, 1.82) is 0 Å². The van der Waals surface area contributed by atoms with Crippen molar-refractivity contribution in [3.8, 4) is 5.75 Å². The van der Waals surface area contributed by atoms with E-state index in [4.69, 9.17) is 23.2 Å². The highest BCUT2D eigenvalue weighted by molar-refractivity contribution is 7.88. The third-order valence-electron chi connectivity index (χ3n) is 4.30. The van der Waals surface area contributed by atoms with Gasteiger partial charge in [0, 0.05) is 15.6 Å². The van der Waals surface area contributed by atoms with Gasteiger partial charge in [0.25, 0.3) is 0 Å². The zero-order chi connectivity index (χ0) is 22.8. The van der Waals surface area contributed by atoms with Crippen molar-refractivity contribution in [2.45, 2.75) is 11.4 Å². The Kier molecular flexibility index (Phi) is 6.64. The topological polar surface area (TPSA) is 60.4 Å². The van der Waals surface area contributed by atoms with Crippen LogP contribution >= 0.6 is 23.2 Å². The lowest BCUT2D eigenvalue weighted by molar-refractivity contribution is -0.0500. The maximum Gasteiger partial charge on any atom is 0.534 e. The van der Waals surface area contributed by atoms with Crippen molar-refractivity contribution in [3.05, 3.63) is 99.5 Å². The Balaban J connectivity index is 1.94. The van der Waals surface area contributed by atoms with Gasteiger partial charge in [0.05, 0.1) is 5.92 Å². The summed E-state index contributed by atoms with van der Waals surface area (Å²) in [6.07, 6.45) is 0. The minimum absolute atomic E-state index is 0.145. The van der Waals surface area contributed by atoms with Crippen LogP contribution in [0, 0.1) is 0 Å². The predicted molar refractivity (Wildman–Crippen MR) is 111 cm³/mol. The van der Waals surface area contributed by atoms with E-state index in [0.29, 0.717) is 21.2 Å². The van der Waals surface area contributed by atoms with E-state index in [9.17, 15) is 26.4 Å². The Morgan fingerprint density at radius 3 is 1.58 bits per heavy atom. The zero-order valence-electron chi connectivity index (χ0n) is 15.4. The summed E-state index contributed by atoms with van der Waals surface area (Å²) >= 11 is 11.9. The van der Waals surface area contributed by atoms with Crippen LogP contribution in [0.5, 0.6) is 5.75 Å². The zero-order valence-corrected chi connectivity index (χ0v) is 17.8. The Hall–Kier alpha value is -2.55. The molecule has 0 unspecified atom stereocenters. The number of benzene rings is 3. The second-order valence-corrected chi connectivity index (χ2v) is 8.82. The molecule has 0 saturated carbocycles. The summed E-state index contributed by atoms with van der Waals surface area (Å²) in [5.74, 6) is -1.68. The van der Waals surface area contributed by atoms with Crippen LogP contribution in [0.15, 0.2) is 72.8 Å². The smallest absolute Gasteiger partial charge is 0.376 e. The van der Waals surface area contributed by atoms with Crippen LogP contribution in [0.2, 0.25) is 10.0 Å². The minimum Gasteiger partial charge on any atom is -0.376 e. The lowest BCUT2D eigenvalue weighted by Gasteiger charge is -2.18. The first-order chi connectivity index (χ1) is 14.5. The molecule has 0 radical (unpaired) electrons. The van der Waals surface area contributed by atoms with Crippen LogP contribution in [0.3, 0.4) is 0 Å². The Morgan fingerprint density at radius 2 is 1.19 bits per heavy atom. The van der Waals surface area contributed by atoms with Gasteiger partial charge in [-0.2, -0.15) is 21.6 Å². The fourth-order valence-electron chi connectivity index (χ4n) is 2.82. The molecule has 0 spiro atoms. The number of carbonyl (C=O) groups excluding carboxylic acids is 1. The standard InChI is InChI=1S/C21H13Cl2F3O4S/c22-16-7-1-13(2-8-16)19(14-3-9-17(23)10-4-14)20(27)15-5-11-18(12-6-15)30-31(28,29)21(24,25)26/h1-12,19H. The van der Waals surface area contributed by atoms with Crippen molar-refractivity contribution >= 4 is 39.1 Å². The molecule has 0 N–H and O–H groups in total. The van der Waals surface area contributed by atoms with Crippen LogP contribution in [-0.2, 0) is 10.1 Å². The second-order valence-electron chi connectivity index (χ2n) is 6.41. The van der Waals surface area contributed by atoms with E-state index in [0.717, 1.165) is 12.1 Å². The average molecular weight is 489 g/mol. The van der Waals surface area contributed by atoms with Gasteiger partial charge in [-0.1, -0.05) is 47.5 Å². The largest absolute Gasteiger partial charge is 0.534 e. The van der Waals surface area contributed by atoms with Gasteiger partial charge in [0.15, 0.2) is 5.78 Å². The summed E-state index contributed by atoms with van der Waals surface area (Å²) in [5, 5.41) is 0.969. The molecule has 0 atom stereocenters. The molecule has 0 aromatic heterocycles. The van der Waals surface area contributed by atoms with Gasteiger partial charge in [-0.15, -0.1) is 0 Å². The third-order valence-corrected chi connectivity index (χ3v) is 5.78. The molecule has 3 aromatic carbocycles. The predicted octanol–water partition coefficient (Wildman–Crippen LogP) is 6.24. The maximum absolute atomic E-state index is 13.3. The molecule has 0 aliphatic carbocycles. The van der Waals surface area contributed by atoms with Gasteiger partial charge < -0.3 is 4.18 Å². The molecular weight excluding hydrogens is 476 g/mol. The fraction of sp³-hybridized carbons (Fsp3) is 0.0952. The SMILES string of the molecule is O=C(c1ccc(OS(=O)(=O)C(F)(F)F)cc1)C(c1ccc(Cl)cc1)c1ccc(Cl)cc1. The van der Waals surface area contributed by atoms with Crippen molar-refractivity contribution in [1.82, 2.24) is 0 Å². The Bertz CT molecular complexity index is 1130. The van der Waals surface area contributed by atoms with Crippen molar-refractivity contribution in [3.63, 3.8) is 0 Å². The van der Waals surface area contributed by atoms with Crippen molar-refractivity contribution in [2.24, 2.45) is 0 Å². The molecule has 10 heteroatoms. The second kappa shape index (κ2) is 8.90. The number of ketones is 1. The van der Waals surface area contributed by atoms with Crippen LogP contribution < -0.4 is 4.18 Å². The third kappa shape index (κ3) is 5.39. The highest BCUT2D eigenvalue weighted by Gasteiger charge is 2.48. The number of carbonyl (C=O) groups is 1. The van der Waals surface area contributed by atoms with E-state index < -0.39 is 27.3 Å². The molecule has 31 heavy (non-hydrogen) atoms. The molecule has 3 rings (SSSR count). The molecule has 4 nitrogen and oxygen atoms in total. The summed E-state index contributed by atoms with van der Waals surface area (Å²) in [4.78, 5) is 13.3. The molecule has 0 fully saturated rings. The highest BCUT2D eigenvalue weighted by atomic mass is 35.5. The number of alkyl halides is 3. The lowest BCUT2D eigenvalue weighted by atomic mass is 9.85. The number of hydrogen-bond donors (Lipinski definition) is 0. The summed E-state index contributed by atoms with van der Waals surface area (Å²) < 4.78 is 63.8. The van der Waals surface area contributed by atoms with Gasteiger partial charge in [-0.3, -0.25) is 4.79 Å². The molecule has 0 heterocycles. The van der Waals surface area contributed by atoms with E-state index in [1.165, 1.54) is 12.1 Å². The molecule has 3 aromatic rings.